The molecular weight excluding hydrogens is 877 g/mol. The SMILES string of the molecule is C=C1C=C[C@@]2(C)C(=C1)[C@@H](F)C[C@H]1[C@@H]3C[C@H]4O[C@@H](c5ccc(Sc6cccc(NC(=O)CCOCCOCCNC(=O)CCN7C(=O)C=CC7=O)c6)cc5)O[C@@]4(C(=O)CO)[C@@]3(C)C[C@H](O)[C@@]12F. The lowest BCUT2D eigenvalue weighted by Crippen LogP contribution is -2.70. The maximum Gasteiger partial charge on any atom is 0.253 e. The highest BCUT2D eigenvalue weighted by Gasteiger charge is 2.80. The number of allylic oxidation sites excluding steroid dienone is 5. The van der Waals surface area contributed by atoms with Crippen LogP contribution in [-0.2, 0) is 42.9 Å². The van der Waals surface area contributed by atoms with Crippen molar-refractivity contribution in [1.82, 2.24) is 10.2 Å². The molecule has 2 aromatic carbocycles. The molecule has 8 rings (SSSR count). The molecular formula is C49H55F2N3O11S. The van der Waals surface area contributed by atoms with Crippen LogP contribution in [0.25, 0.3) is 0 Å². The van der Waals surface area contributed by atoms with Gasteiger partial charge in [0.05, 0.1) is 45.1 Å². The number of hydrogen-bond donors (Lipinski definition) is 4. The second-order valence-electron chi connectivity index (χ2n) is 18.1. The number of ether oxygens (including phenoxy) is 4. The number of nitrogens with zero attached hydrogens (tertiary/aromatic N) is 1. The summed E-state index contributed by atoms with van der Waals surface area (Å²) in [5.74, 6) is -3.58. The summed E-state index contributed by atoms with van der Waals surface area (Å²) >= 11 is 1.46. The van der Waals surface area contributed by atoms with Crippen molar-refractivity contribution in [2.45, 2.75) is 91.7 Å². The normalized spacial score (nSPS) is 33.0. The van der Waals surface area contributed by atoms with Crippen LogP contribution in [0.2, 0.25) is 0 Å². The van der Waals surface area contributed by atoms with Gasteiger partial charge in [0, 0.05) is 69.5 Å². The average Bonchev–Trinajstić information content (AvgIpc) is 3.92. The number of Topliss-reactive ketones (excluding diaryl/α,β-unsaturated/α-hetero) is 1. The van der Waals surface area contributed by atoms with E-state index < -0.39 is 82.8 Å². The van der Waals surface area contributed by atoms with Gasteiger partial charge in [0.25, 0.3) is 11.8 Å². The van der Waals surface area contributed by atoms with Crippen molar-refractivity contribution in [3.05, 3.63) is 102 Å². The van der Waals surface area contributed by atoms with E-state index in [1.807, 2.05) is 42.5 Å². The highest BCUT2D eigenvalue weighted by atomic mass is 32.2. The number of halogens is 2. The van der Waals surface area contributed by atoms with Crippen LogP contribution in [-0.4, -0.2) is 120 Å². The lowest BCUT2D eigenvalue weighted by Gasteiger charge is -2.63. The molecule has 0 unspecified atom stereocenters. The standard InChI is InChI=1S/C49H55F2N3O11S/c1-29-13-16-46(2)36(23-29)37(50)25-35-34-26-40-49(39(57)28-55,47(34,3)27-38(56)48(35,46)51)65-45(64-40)30-7-9-32(10-8-30)66-33-6-4-5-31(24-33)53-42(59)15-19-62-21-22-63-20-17-52-41(58)14-18-54-43(60)11-12-44(54)61/h4-13,16,23-24,34-35,37-38,40,45,55-56H,1,14-15,17-22,25-28H2,2-3H3,(H,52,58)(H,53,59)/t34-,35-,37-,38-,40+,45+,46-,47-,48-,49+/m0/s1. The molecule has 4 fully saturated rings. The fourth-order valence-corrected chi connectivity index (χ4v) is 12.1. The van der Waals surface area contributed by atoms with E-state index >= 15 is 8.78 Å². The Morgan fingerprint density at radius 1 is 0.939 bits per heavy atom. The van der Waals surface area contributed by atoms with Crippen LogP contribution in [0.1, 0.15) is 57.8 Å². The number of carbonyl (C=O) groups is 5. The number of nitrogens with one attached hydrogen (secondary N) is 2. The minimum atomic E-state index is -2.23. The molecule has 2 aromatic rings. The average molecular weight is 932 g/mol. The molecule has 0 radical (unpaired) electrons. The van der Waals surface area contributed by atoms with Crippen LogP contribution < -0.4 is 10.6 Å². The van der Waals surface area contributed by atoms with Gasteiger partial charge >= 0.3 is 0 Å². The fraction of sp³-hybridized carbons (Fsp3) is 0.490. The smallest absolute Gasteiger partial charge is 0.253 e. The number of aliphatic hydroxyl groups excluding tert-OH is 2. The van der Waals surface area contributed by atoms with Gasteiger partial charge in [-0.1, -0.05) is 61.7 Å². The van der Waals surface area contributed by atoms with Gasteiger partial charge < -0.3 is 39.8 Å². The summed E-state index contributed by atoms with van der Waals surface area (Å²) < 4.78 is 58.0. The Balaban J connectivity index is 0.801. The van der Waals surface area contributed by atoms with Crippen LogP contribution in [0.5, 0.6) is 0 Å². The van der Waals surface area contributed by atoms with Crippen molar-refractivity contribution < 1.29 is 61.9 Å². The molecule has 2 heterocycles. The number of benzene rings is 2. The van der Waals surface area contributed by atoms with Crippen molar-refractivity contribution in [2.24, 2.45) is 22.7 Å². The summed E-state index contributed by atoms with van der Waals surface area (Å²) in [5.41, 5.74) is -4.50. The number of hydrogen-bond acceptors (Lipinski definition) is 12. The second-order valence-corrected chi connectivity index (χ2v) is 19.3. The Kier molecular flexibility index (Phi) is 13.7. The van der Waals surface area contributed by atoms with E-state index in [4.69, 9.17) is 18.9 Å². The summed E-state index contributed by atoms with van der Waals surface area (Å²) in [5, 5.41) is 27.7. The summed E-state index contributed by atoms with van der Waals surface area (Å²) in [6.45, 7) is 7.67. The molecule has 4 N–H and O–H groups in total. The Morgan fingerprint density at radius 2 is 1.67 bits per heavy atom. The molecule has 0 aromatic heterocycles. The summed E-state index contributed by atoms with van der Waals surface area (Å²) in [7, 11) is 0. The number of imide groups is 1. The quantitative estimate of drug-likeness (QED) is 0.112. The van der Waals surface area contributed by atoms with E-state index in [1.54, 1.807) is 38.1 Å². The molecule has 0 spiro atoms. The number of alkyl halides is 2. The highest BCUT2D eigenvalue weighted by Crippen LogP contribution is 2.72. The van der Waals surface area contributed by atoms with Crippen LogP contribution in [0.4, 0.5) is 14.5 Å². The third-order valence-corrected chi connectivity index (χ3v) is 15.4. The molecule has 10 atom stereocenters. The first kappa shape index (κ1) is 47.6. The molecule has 3 saturated carbocycles. The maximum atomic E-state index is 17.8. The van der Waals surface area contributed by atoms with Crippen molar-refractivity contribution in [2.75, 3.05) is 51.4 Å². The molecule has 4 aliphatic carbocycles. The first-order valence-corrected chi connectivity index (χ1v) is 23.1. The minimum Gasteiger partial charge on any atom is -0.390 e. The zero-order valence-corrected chi connectivity index (χ0v) is 37.7. The van der Waals surface area contributed by atoms with Crippen LogP contribution >= 0.6 is 11.8 Å². The molecule has 2 aliphatic heterocycles. The van der Waals surface area contributed by atoms with Gasteiger partial charge in [-0.15, -0.1) is 0 Å². The summed E-state index contributed by atoms with van der Waals surface area (Å²) in [6, 6.07) is 14.8. The van der Waals surface area contributed by atoms with Gasteiger partial charge in [0.15, 0.2) is 23.3 Å². The molecule has 1 saturated heterocycles. The van der Waals surface area contributed by atoms with Gasteiger partial charge in [-0.2, -0.15) is 0 Å². The molecule has 0 bridgehead atoms. The molecule has 14 nitrogen and oxygen atoms in total. The van der Waals surface area contributed by atoms with Gasteiger partial charge in [0.2, 0.25) is 11.8 Å². The monoisotopic (exact) mass is 931 g/mol. The van der Waals surface area contributed by atoms with Crippen LogP contribution in [0.15, 0.2) is 106 Å². The van der Waals surface area contributed by atoms with Gasteiger partial charge in [0.1, 0.15) is 12.8 Å². The molecule has 4 amide bonds. The molecule has 66 heavy (non-hydrogen) atoms. The van der Waals surface area contributed by atoms with Gasteiger partial charge in [-0.25, -0.2) is 8.78 Å². The topological polar surface area (TPSA) is 190 Å². The number of rotatable bonds is 18. The van der Waals surface area contributed by atoms with E-state index in [9.17, 15) is 34.2 Å². The van der Waals surface area contributed by atoms with Crippen molar-refractivity contribution in [3.63, 3.8) is 0 Å². The first-order valence-electron chi connectivity index (χ1n) is 22.3. The van der Waals surface area contributed by atoms with Gasteiger partial charge in [-0.3, -0.25) is 28.9 Å². The lowest BCUT2D eigenvalue weighted by atomic mass is 9.44. The maximum absolute atomic E-state index is 17.8. The van der Waals surface area contributed by atoms with E-state index in [0.717, 1.165) is 14.7 Å². The third kappa shape index (κ3) is 8.52. The summed E-state index contributed by atoms with van der Waals surface area (Å²) in [6.07, 6.45) is 2.24. The number of ketones is 1. The highest BCUT2D eigenvalue weighted by molar-refractivity contribution is 7.99. The number of carbonyl (C=O) groups excluding carboxylic acids is 5. The van der Waals surface area contributed by atoms with Crippen LogP contribution in [0.3, 0.4) is 0 Å². The second kappa shape index (κ2) is 19.0. The predicted molar refractivity (Wildman–Crippen MR) is 237 cm³/mol. The Morgan fingerprint density at radius 3 is 2.39 bits per heavy atom. The zero-order valence-electron chi connectivity index (χ0n) is 36.8. The number of aliphatic hydroxyl groups is 2. The Labute approximate surface area is 385 Å². The van der Waals surface area contributed by atoms with E-state index in [-0.39, 0.29) is 89.0 Å². The number of fused-ring (bicyclic) bond motifs is 7. The van der Waals surface area contributed by atoms with Crippen molar-refractivity contribution in [1.29, 1.82) is 0 Å². The van der Waals surface area contributed by atoms with Crippen molar-refractivity contribution in [3.8, 4) is 0 Å². The lowest BCUT2D eigenvalue weighted by molar-refractivity contribution is -0.235. The minimum absolute atomic E-state index is 0.00155. The molecule has 6 aliphatic rings. The van der Waals surface area contributed by atoms with Gasteiger partial charge in [-0.05, 0) is 73.6 Å². The first-order chi connectivity index (χ1) is 31.5. The Bertz CT molecular complexity index is 2340. The van der Waals surface area contributed by atoms with E-state index in [2.05, 4.69) is 17.2 Å². The number of amides is 4. The van der Waals surface area contributed by atoms with E-state index in [0.29, 0.717) is 16.8 Å². The Hall–Kier alpha value is -4.88. The van der Waals surface area contributed by atoms with Crippen LogP contribution in [0, 0.1) is 22.7 Å². The van der Waals surface area contributed by atoms with E-state index in [1.165, 1.54) is 23.9 Å². The predicted octanol–water partition coefficient (Wildman–Crippen LogP) is 5.26. The zero-order chi connectivity index (χ0) is 47.0. The number of anilines is 1. The molecule has 352 valence electrons. The molecule has 17 heteroatoms. The summed E-state index contributed by atoms with van der Waals surface area (Å²) in [4.78, 5) is 64.4. The largest absolute Gasteiger partial charge is 0.390 e. The third-order valence-electron chi connectivity index (χ3n) is 14.4. The fourth-order valence-electron chi connectivity index (χ4n) is 11.2. The van der Waals surface area contributed by atoms with Crippen molar-refractivity contribution >= 4 is 46.9 Å².